The summed E-state index contributed by atoms with van der Waals surface area (Å²) in [5, 5.41) is 0. The Balaban J connectivity index is 2.60. The van der Waals surface area contributed by atoms with Gasteiger partial charge < -0.3 is 24.9 Å². The zero-order valence-electron chi connectivity index (χ0n) is 10.5. The highest BCUT2D eigenvalue weighted by Crippen LogP contribution is 2.41. The van der Waals surface area contributed by atoms with Gasteiger partial charge in [0.25, 0.3) is 0 Å². The van der Waals surface area contributed by atoms with Crippen LogP contribution in [0.25, 0.3) is 11.3 Å². The molecule has 0 bridgehead atoms. The van der Waals surface area contributed by atoms with E-state index in [4.69, 9.17) is 19.9 Å². The van der Waals surface area contributed by atoms with E-state index in [0.717, 1.165) is 5.56 Å². The van der Waals surface area contributed by atoms with E-state index < -0.39 is 0 Å². The van der Waals surface area contributed by atoms with E-state index >= 15 is 0 Å². The first-order chi connectivity index (χ1) is 8.71. The maximum absolute atomic E-state index is 5.77. The van der Waals surface area contributed by atoms with Gasteiger partial charge in [-0.2, -0.15) is 0 Å². The molecule has 1 aromatic heterocycles. The Hall–Kier alpha value is -2.37. The number of benzene rings is 1. The molecule has 3 N–H and O–H groups in total. The lowest BCUT2D eigenvalue weighted by Crippen LogP contribution is -1.96. The predicted molar refractivity (Wildman–Crippen MR) is 68.1 cm³/mol. The Bertz CT molecular complexity index is 526. The van der Waals surface area contributed by atoms with Gasteiger partial charge in [-0.15, -0.1) is 0 Å². The van der Waals surface area contributed by atoms with E-state index in [1.54, 1.807) is 21.3 Å². The van der Waals surface area contributed by atoms with Crippen LogP contribution in [-0.2, 0) is 0 Å². The van der Waals surface area contributed by atoms with Crippen molar-refractivity contribution in [3.05, 3.63) is 18.5 Å². The number of rotatable bonds is 4. The summed E-state index contributed by atoms with van der Waals surface area (Å²) >= 11 is 0. The molecule has 0 saturated carbocycles. The number of methoxy groups -OCH3 is 3. The molecule has 6 nitrogen and oxygen atoms in total. The summed E-state index contributed by atoms with van der Waals surface area (Å²) in [6.07, 6.45) is 1.54. The van der Waals surface area contributed by atoms with Crippen LogP contribution in [-0.4, -0.2) is 31.3 Å². The Morgan fingerprint density at radius 2 is 1.67 bits per heavy atom. The number of nitrogens with one attached hydrogen (secondary N) is 1. The van der Waals surface area contributed by atoms with Crippen LogP contribution in [0.15, 0.2) is 18.5 Å². The summed E-state index contributed by atoms with van der Waals surface area (Å²) in [7, 11) is 4.69. The molecule has 0 aliphatic rings. The minimum atomic E-state index is 0.421. The fraction of sp³-hybridized carbons (Fsp3) is 0.250. The van der Waals surface area contributed by atoms with E-state index in [9.17, 15) is 0 Å². The van der Waals surface area contributed by atoms with Crippen molar-refractivity contribution in [1.82, 2.24) is 9.97 Å². The molecule has 1 heterocycles. The number of hydrogen-bond donors (Lipinski definition) is 2. The van der Waals surface area contributed by atoms with Crippen molar-refractivity contribution in [3.8, 4) is 28.5 Å². The fourth-order valence-electron chi connectivity index (χ4n) is 1.76. The summed E-state index contributed by atoms with van der Waals surface area (Å²) in [5.41, 5.74) is 7.31. The maximum Gasteiger partial charge on any atom is 0.203 e. The van der Waals surface area contributed by atoms with Crippen molar-refractivity contribution < 1.29 is 14.2 Å². The SMILES string of the molecule is COc1cc(-c2[nH]cnc2N)cc(OC)c1OC. The molecule has 18 heavy (non-hydrogen) atoms. The third-order valence-corrected chi connectivity index (χ3v) is 2.62. The summed E-state index contributed by atoms with van der Waals surface area (Å²) in [4.78, 5) is 6.93. The maximum atomic E-state index is 5.77. The smallest absolute Gasteiger partial charge is 0.203 e. The zero-order chi connectivity index (χ0) is 13.1. The number of nitrogens with two attached hydrogens (primary N) is 1. The van der Waals surface area contributed by atoms with E-state index in [1.807, 2.05) is 12.1 Å². The monoisotopic (exact) mass is 249 g/mol. The third kappa shape index (κ3) is 1.92. The molecule has 0 saturated heterocycles. The van der Waals surface area contributed by atoms with Crippen molar-refractivity contribution in [3.63, 3.8) is 0 Å². The number of ether oxygens (including phenoxy) is 3. The normalized spacial score (nSPS) is 10.2. The molecule has 96 valence electrons. The zero-order valence-corrected chi connectivity index (χ0v) is 10.5. The first-order valence-corrected chi connectivity index (χ1v) is 5.30. The van der Waals surface area contributed by atoms with Gasteiger partial charge in [0.05, 0.1) is 33.4 Å². The van der Waals surface area contributed by atoms with Crippen LogP contribution in [0, 0.1) is 0 Å². The minimum absolute atomic E-state index is 0.421. The van der Waals surface area contributed by atoms with Gasteiger partial charge in [0.1, 0.15) is 5.82 Å². The van der Waals surface area contributed by atoms with Gasteiger partial charge in [0.2, 0.25) is 5.75 Å². The molecule has 0 amide bonds. The molecular formula is C12H15N3O3. The van der Waals surface area contributed by atoms with Crippen LogP contribution >= 0.6 is 0 Å². The summed E-state index contributed by atoms with van der Waals surface area (Å²) < 4.78 is 15.8. The molecule has 0 aliphatic carbocycles. The second-order valence-corrected chi connectivity index (χ2v) is 3.58. The van der Waals surface area contributed by atoms with Gasteiger partial charge in [-0.05, 0) is 12.1 Å². The standard InChI is InChI=1S/C12H15N3O3/c1-16-8-4-7(10-12(13)15-6-14-10)5-9(17-2)11(8)18-3/h4-6H,13H2,1-3H3,(H,14,15). The van der Waals surface area contributed by atoms with E-state index in [-0.39, 0.29) is 0 Å². The van der Waals surface area contributed by atoms with Crippen LogP contribution in [0.4, 0.5) is 5.82 Å². The van der Waals surface area contributed by atoms with Gasteiger partial charge in [0.15, 0.2) is 11.5 Å². The first kappa shape index (κ1) is 12.1. The molecule has 2 rings (SSSR count). The topological polar surface area (TPSA) is 82.4 Å². The van der Waals surface area contributed by atoms with Crippen LogP contribution in [0.2, 0.25) is 0 Å². The largest absolute Gasteiger partial charge is 0.493 e. The third-order valence-electron chi connectivity index (χ3n) is 2.62. The molecule has 0 aliphatic heterocycles. The second kappa shape index (κ2) is 4.87. The fourth-order valence-corrected chi connectivity index (χ4v) is 1.76. The van der Waals surface area contributed by atoms with E-state index in [0.29, 0.717) is 28.8 Å². The predicted octanol–water partition coefficient (Wildman–Crippen LogP) is 1.68. The lowest BCUT2D eigenvalue weighted by atomic mass is 10.1. The number of aromatic amines is 1. The number of H-pyrrole nitrogens is 1. The number of nitrogen functional groups attached to an aromatic ring is 1. The number of hydrogen-bond acceptors (Lipinski definition) is 5. The van der Waals surface area contributed by atoms with Gasteiger partial charge in [-0.3, -0.25) is 0 Å². The van der Waals surface area contributed by atoms with Crippen molar-refractivity contribution in [2.24, 2.45) is 0 Å². The number of anilines is 1. The molecule has 0 unspecified atom stereocenters. The van der Waals surface area contributed by atoms with Gasteiger partial charge in [-0.25, -0.2) is 4.98 Å². The highest BCUT2D eigenvalue weighted by molar-refractivity contribution is 5.74. The quantitative estimate of drug-likeness (QED) is 0.861. The summed E-state index contributed by atoms with van der Waals surface area (Å²) in [5.74, 6) is 2.10. The van der Waals surface area contributed by atoms with Crippen molar-refractivity contribution in [2.45, 2.75) is 0 Å². The summed E-state index contributed by atoms with van der Waals surface area (Å²) in [6.45, 7) is 0. The Labute approximate surface area is 105 Å². The number of nitrogens with zero attached hydrogens (tertiary/aromatic N) is 1. The molecule has 6 heteroatoms. The second-order valence-electron chi connectivity index (χ2n) is 3.58. The lowest BCUT2D eigenvalue weighted by molar-refractivity contribution is 0.324. The van der Waals surface area contributed by atoms with Gasteiger partial charge >= 0.3 is 0 Å². The van der Waals surface area contributed by atoms with Crippen molar-refractivity contribution in [1.29, 1.82) is 0 Å². The number of aromatic nitrogens is 2. The van der Waals surface area contributed by atoms with Crippen LogP contribution in [0.1, 0.15) is 0 Å². The lowest BCUT2D eigenvalue weighted by Gasteiger charge is -2.13. The molecule has 0 spiro atoms. The molecular weight excluding hydrogens is 234 g/mol. The average Bonchev–Trinajstić information content (AvgIpc) is 2.83. The van der Waals surface area contributed by atoms with Crippen molar-refractivity contribution >= 4 is 5.82 Å². The van der Waals surface area contributed by atoms with Crippen LogP contribution < -0.4 is 19.9 Å². The highest BCUT2D eigenvalue weighted by atomic mass is 16.5. The Kier molecular flexibility index (Phi) is 3.27. The van der Waals surface area contributed by atoms with Gasteiger partial charge in [0, 0.05) is 5.56 Å². The highest BCUT2D eigenvalue weighted by Gasteiger charge is 2.15. The molecule has 0 atom stereocenters. The van der Waals surface area contributed by atoms with Gasteiger partial charge in [-0.1, -0.05) is 0 Å². The first-order valence-electron chi connectivity index (χ1n) is 5.30. The average molecular weight is 249 g/mol. The molecule has 0 fully saturated rings. The number of imidazole rings is 1. The Morgan fingerprint density at radius 1 is 1.06 bits per heavy atom. The van der Waals surface area contributed by atoms with Crippen LogP contribution in [0.5, 0.6) is 17.2 Å². The Morgan fingerprint density at radius 3 is 2.06 bits per heavy atom. The van der Waals surface area contributed by atoms with E-state index in [2.05, 4.69) is 9.97 Å². The molecule has 2 aromatic rings. The summed E-state index contributed by atoms with van der Waals surface area (Å²) in [6, 6.07) is 3.62. The van der Waals surface area contributed by atoms with Crippen LogP contribution in [0.3, 0.4) is 0 Å². The molecule has 0 radical (unpaired) electrons. The van der Waals surface area contributed by atoms with Crippen molar-refractivity contribution in [2.75, 3.05) is 27.1 Å². The van der Waals surface area contributed by atoms with E-state index in [1.165, 1.54) is 6.33 Å². The minimum Gasteiger partial charge on any atom is -0.493 e. The molecule has 1 aromatic carbocycles.